The van der Waals surface area contributed by atoms with Gasteiger partial charge in [-0.25, -0.2) is 15.2 Å². The Hall–Kier alpha value is -2.29. The van der Waals surface area contributed by atoms with Crippen LogP contribution in [0.2, 0.25) is 0 Å². The van der Waals surface area contributed by atoms with Gasteiger partial charge in [0, 0.05) is 36.7 Å². The van der Waals surface area contributed by atoms with Crippen LogP contribution in [-0.4, -0.2) is 53.8 Å². The molecule has 0 saturated carbocycles. The van der Waals surface area contributed by atoms with Gasteiger partial charge >= 0.3 is 0 Å². The molecule has 0 spiro atoms. The molecule has 2 aromatic rings. The fraction of sp³-hybridized carbons (Fsp3) is 0.333. The summed E-state index contributed by atoms with van der Waals surface area (Å²) in [6.45, 7) is 2.03. The van der Waals surface area contributed by atoms with Crippen LogP contribution >= 0.6 is 15.9 Å². The number of carbonyl (C=O) groups is 2. The highest BCUT2D eigenvalue weighted by atomic mass is 79.9. The number of halogens is 2. The Balaban J connectivity index is 1.32. The highest BCUT2D eigenvalue weighted by Gasteiger charge is 2.34. The SMILES string of the molecule is O=C(c1ccccc1Br)N1CCN(C(=O)C2CC(c3ccc(F)cc3)NN2)CC1. The van der Waals surface area contributed by atoms with Crippen molar-refractivity contribution in [2.45, 2.75) is 18.5 Å². The molecule has 2 heterocycles. The van der Waals surface area contributed by atoms with Gasteiger partial charge in [-0.05, 0) is 52.2 Å². The van der Waals surface area contributed by atoms with Crippen LogP contribution in [0.25, 0.3) is 0 Å². The van der Waals surface area contributed by atoms with Crippen molar-refractivity contribution in [3.05, 3.63) is 69.9 Å². The van der Waals surface area contributed by atoms with Crippen molar-refractivity contribution in [1.82, 2.24) is 20.7 Å². The zero-order chi connectivity index (χ0) is 20.4. The molecular formula is C21H22BrFN4O2. The van der Waals surface area contributed by atoms with E-state index in [0.717, 1.165) is 10.0 Å². The van der Waals surface area contributed by atoms with Crippen molar-refractivity contribution in [3.63, 3.8) is 0 Å². The first-order chi connectivity index (χ1) is 14.0. The van der Waals surface area contributed by atoms with E-state index in [4.69, 9.17) is 0 Å². The Morgan fingerprint density at radius 1 is 0.931 bits per heavy atom. The van der Waals surface area contributed by atoms with Crippen LogP contribution in [0.5, 0.6) is 0 Å². The molecule has 2 aliphatic heterocycles. The number of hydrogen-bond donors (Lipinski definition) is 2. The predicted octanol–water partition coefficient (Wildman–Crippen LogP) is 2.48. The third kappa shape index (κ3) is 4.34. The lowest BCUT2D eigenvalue weighted by atomic mass is 10.0. The summed E-state index contributed by atoms with van der Waals surface area (Å²) < 4.78 is 13.9. The molecular weight excluding hydrogens is 439 g/mol. The summed E-state index contributed by atoms with van der Waals surface area (Å²) in [6, 6.07) is 13.3. The van der Waals surface area contributed by atoms with Gasteiger partial charge in [-0.2, -0.15) is 0 Å². The van der Waals surface area contributed by atoms with Gasteiger partial charge in [0.15, 0.2) is 0 Å². The number of hydrogen-bond acceptors (Lipinski definition) is 4. The Morgan fingerprint density at radius 3 is 2.28 bits per heavy atom. The van der Waals surface area contributed by atoms with Crippen LogP contribution in [0.15, 0.2) is 53.0 Å². The van der Waals surface area contributed by atoms with Crippen molar-refractivity contribution in [2.75, 3.05) is 26.2 Å². The van der Waals surface area contributed by atoms with E-state index in [1.54, 1.807) is 28.0 Å². The standard InChI is InChI=1S/C21H22BrFN4O2/c22-17-4-2-1-3-16(17)20(28)26-9-11-27(12-10-26)21(29)19-13-18(24-25-19)14-5-7-15(23)8-6-14/h1-8,18-19,24-25H,9-13H2. The number of nitrogens with zero attached hydrogens (tertiary/aromatic N) is 2. The fourth-order valence-electron chi connectivity index (χ4n) is 3.79. The molecule has 2 aromatic carbocycles. The minimum atomic E-state index is -0.337. The molecule has 2 atom stereocenters. The van der Waals surface area contributed by atoms with Crippen LogP contribution in [0.3, 0.4) is 0 Å². The largest absolute Gasteiger partial charge is 0.338 e. The normalized spacial score (nSPS) is 22.0. The first kappa shape index (κ1) is 20.0. The van der Waals surface area contributed by atoms with Crippen LogP contribution in [0.1, 0.15) is 28.4 Å². The molecule has 29 heavy (non-hydrogen) atoms. The Kier molecular flexibility index (Phi) is 5.94. The fourth-order valence-corrected chi connectivity index (χ4v) is 4.24. The van der Waals surface area contributed by atoms with Gasteiger partial charge in [0.2, 0.25) is 5.91 Å². The van der Waals surface area contributed by atoms with E-state index >= 15 is 0 Å². The monoisotopic (exact) mass is 460 g/mol. The quantitative estimate of drug-likeness (QED) is 0.738. The van der Waals surface area contributed by atoms with Crippen molar-refractivity contribution in [1.29, 1.82) is 0 Å². The summed E-state index contributed by atoms with van der Waals surface area (Å²) in [5.41, 5.74) is 7.77. The maximum atomic E-state index is 13.1. The summed E-state index contributed by atoms with van der Waals surface area (Å²) >= 11 is 3.42. The van der Waals surface area contributed by atoms with Gasteiger partial charge in [0.1, 0.15) is 11.9 Å². The second-order valence-corrected chi connectivity index (χ2v) is 8.13. The zero-order valence-corrected chi connectivity index (χ0v) is 17.4. The summed E-state index contributed by atoms with van der Waals surface area (Å²) in [5, 5.41) is 0. The number of hydrazine groups is 1. The van der Waals surface area contributed by atoms with E-state index < -0.39 is 0 Å². The molecule has 0 aromatic heterocycles. The van der Waals surface area contributed by atoms with E-state index in [-0.39, 0.29) is 29.7 Å². The molecule has 4 rings (SSSR count). The summed E-state index contributed by atoms with van der Waals surface area (Å²) in [4.78, 5) is 29.2. The lowest BCUT2D eigenvalue weighted by molar-refractivity contribution is -0.134. The molecule has 0 aliphatic carbocycles. The van der Waals surface area contributed by atoms with E-state index in [1.807, 2.05) is 18.2 Å². The van der Waals surface area contributed by atoms with Gasteiger partial charge in [-0.1, -0.05) is 24.3 Å². The smallest absolute Gasteiger partial charge is 0.255 e. The summed E-state index contributed by atoms with van der Waals surface area (Å²) in [6.07, 6.45) is 0.598. The molecule has 2 amide bonds. The van der Waals surface area contributed by atoms with Crippen molar-refractivity contribution in [2.24, 2.45) is 0 Å². The second-order valence-electron chi connectivity index (χ2n) is 7.28. The van der Waals surface area contributed by atoms with E-state index in [1.165, 1.54) is 12.1 Å². The molecule has 2 aliphatic rings. The maximum absolute atomic E-state index is 13.1. The number of carbonyl (C=O) groups excluding carboxylic acids is 2. The van der Waals surface area contributed by atoms with Crippen LogP contribution in [0.4, 0.5) is 4.39 Å². The van der Waals surface area contributed by atoms with Crippen LogP contribution < -0.4 is 10.9 Å². The highest BCUT2D eigenvalue weighted by molar-refractivity contribution is 9.10. The van der Waals surface area contributed by atoms with Gasteiger partial charge in [0.05, 0.1) is 5.56 Å². The first-order valence-electron chi connectivity index (χ1n) is 9.62. The summed E-state index contributed by atoms with van der Waals surface area (Å²) in [5.74, 6) is -0.279. The topological polar surface area (TPSA) is 64.7 Å². The van der Waals surface area contributed by atoms with Gasteiger partial charge in [-0.3, -0.25) is 9.59 Å². The molecule has 0 radical (unpaired) electrons. The molecule has 0 bridgehead atoms. The van der Waals surface area contributed by atoms with Gasteiger partial charge < -0.3 is 9.80 Å². The van der Waals surface area contributed by atoms with E-state index in [9.17, 15) is 14.0 Å². The minimum Gasteiger partial charge on any atom is -0.338 e. The van der Waals surface area contributed by atoms with Crippen LogP contribution in [-0.2, 0) is 4.79 Å². The Labute approximate surface area is 177 Å². The average Bonchev–Trinajstić information content (AvgIpc) is 3.24. The Morgan fingerprint density at radius 2 is 1.59 bits per heavy atom. The third-order valence-electron chi connectivity index (χ3n) is 5.46. The number of amides is 2. The maximum Gasteiger partial charge on any atom is 0.255 e. The molecule has 2 unspecified atom stereocenters. The number of piperazine rings is 1. The number of nitrogens with one attached hydrogen (secondary N) is 2. The molecule has 6 nitrogen and oxygen atoms in total. The van der Waals surface area contributed by atoms with E-state index in [2.05, 4.69) is 26.8 Å². The number of benzene rings is 2. The minimum absolute atomic E-state index is 0.0232. The second kappa shape index (κ2) is 8.61. The molecule has 152 valence electrons. The highest BCUT2D eigenvalue weighted by Crippen LogP contribution is 2.24. The predicted molar refractivity (Wildman–Crippen MR) is 110 cm³/mol. The van der Waals surface area contributed by atoms with Crippen LogP contribution in [0, 0.1) is 5.82 Å². The third-order valence-corrected chi connectivity index (χ3v) is 6.15. The lowest BCUT2D eigenvalue weighted by Crippen LogP contribution is -2.54. The van der Waals surface area contributed by atoms with Crippen molar-refractivity contribution >= 4 is 27.7 Å². The van der Waals surface area contributed by atoms with E-state index in [0.29, 0.717) is 38.2 Å². The zero-order valence-electron chi connectivity index (χ0n) is 15.8. The average molecular weight is 461 g/mol. The summed E-state index contributed by atoms with van der Waals surface area (Å²) in [7, 11) is 0. The Bertz CT molecular complexity index is 900. The first-order valence-corrected chi connectivity index (χ1v) is 10.4. The van der Waals surface area contributed by atoms with Gasteiger partial charge in [-0.15, -0.1) is 0 Å². The molecule has 8 heteroatoms. The lowest BCUT2D eigenvalue weighted by Gasteiger charge is -2.36. The molecule has 2 saturated heterocycles. The number of rotatable bonds is 3. The van der Waals surface area contributed by atoms with Crippen molar-refractivity contribution < 1.29 is 14.0 Å². The van der Waals surface area contributed by atoms with Crippen molar-refractivity contribution in [3.8, 4) is 0 Å². The molecule has 2 fully saturated rings. The molecule has 2 N–H and O–H groups in total. The van der Waals surface area contributed by atoms with Gasteiger partial charge in [0.25, 0.3) is 5.91 Å².